The number of aryl methyl sites for hydroxylation is 1. The minimum Gasteiger partial charge on any atom is -0.368 e. The Labute approximate surface area is 155 Å². The highest BCUT2D eigenvalue weighted by Gasteiger charge is 2.38. The van der Waals surface area contributed by atoms with Gasteiger partial charge in [0.15, 0.2) is 0 Å². The van der Waals surface area contributed by atoms with Gasteiger partial charge in [0.05, 0.1) is 5.69 Å². The molecule has 0 unspecified atom stereocenters. The van der Waals surface area contributed by atoms with E-state index in [1.54, 1.807) is 0 Å². The van der Waals surface area contributed by atoms with Gasteiger partial charge < -0.3 is 16.0 Å². The summed E-state index contributed by atoms with van der Waals surface area (Å²) in [5.74, 6) is 1.49. The minimum absolute atomic E-state index is 0.403. The third kappa shape index (κ3) is 2.65. The van der Waals surface area contributed by atoms with Crippen LogP contribution in [0.5, 0.6) is 0 Å². The molecule has 5 rings (SSSR count). The Bertz CT molecular complexity index is 827. The standard InChI is InChI=1S/C21H27N5/c22-20-24-18-16-7-2-1-5-15(16)6-3-8-17(18)19(25-20)26-11-4-9-21(10-12-26)13-23-14-21/h1-2,5,7,23H,3-4,6,8-14H2,(H2,22,24,25). The number of nitrogens with two attached hydrogens (primary N) is 1. The fraction of sp³-hybridized carbons (Fsp3) is 0.524. The van der Waals surface area contributed by atoms with E-state index in [0.29, 0.717) is 11.4 Å². The summed E-state index contributed by atoms with van der Waals surface area (Å²) in [5.41, 5.74) is 11.7. The van der Waals surface area contributed by atoms with Crippen molar-refractivity contribution in [1.29, 1.82) is 0 Å². The summed E-state index contributed by atoms with van der Waals surface area (Å²) in [6, 6.07) is 8.64. The average Bonchev–Trinajstić information content (AvgIpc) is 2.95. The quantitative estimate of drug-likeness (QED) is 0.829. The van der Waals surface area contributed by atoms with Gasteiger partial charge in [-0.2, -0.15) is 4.98 Å². The summed E-state index contributed by atoms with van der Waals surface area (Å²) in [6.07, 6.45) is 7.07. The number of rotatable bonds is 1. The van der Waals surface area contributed by atoms with Crippen molar-refractivity contribution in [3.63, 3.8) is 0 Å². The molecule has 2 fully saturated rings. The highest BCUT2D eigenvalue weighted by atomic mass is 15.2. The number of nitrogens with one attached hydrogen (secondary N) is 1. The number of nitrogen functional groups attached to an aromatic ring is 1. The highest BCUT2D eigenvalue weighted by Crippen LogP contribution is 2.39. The van der Waals surface area contributed by atoms with Crippen molar-refractivity contribution < 1.29 is 0 Å². The maximum absolute atomic E-state index is 6.17. The van der Waals surface area contributed by atoms with Crippen LogP contribution in [0.3, 0.4) is 0 Å². The molecule has 2 aromatic rings. The highest BCUT2D eigenvalue weighted by molar-refractivity contribution is 5.74. The van der Waals surface area contributed by atoms with Gasteiger partial charge >= 0.3 is 0 Å². The van der Waals surface area contributed by atoms with Gasteiger partial charge in [-0.1, -0.05) is 24.3 Å². The van der Waals surface area contributed by atoms with Crippen LogP contribution in [0.2, 0.25) is 0 Å². The number of benzene rings is 1. The van der Waals surface area contributed by atoms with Crippen LogP contribution in [0.1, 0.15) is 36.8 Å². The average molecular weight is 349 g/mol. The largest absolute Gasteiger partial charge is 0.368 e. The van der Waals surface area contributed by atoms with Crippen LogP contribution in [0.4, 0.5) is 11.8 Å². The smallest absolute Gasteiger partial charge is 0.222 e. The van der Waals surface area contributed by atoms with Crippen molar-refractivity contribution in [3.8, 4) is 11.3 Å². The zero-order chi connectivity index (χ0) is 17.6. The number of nitrogens with zero attached hydrogens (tertiary/aromatic N) is 3. The van der Waals surface area contributed by atoms with Crippen LogP contribution in [0.15, 0.2) is 24.3 Å². The third-order valence-corrected chi connectivity index (χ3v) is 6.49. The Balaban J connectivity index is 1.55. The number of anilines is 2. The van der Waals surface area contributed by atoms with Crippen LogP contribution in [0.25, 0.3) is 11.3 Å². The Hall–Kier alpha value is -2.14. The van der Waals surface area contributed by atoms with E-state index in [0.717, 1.165) is 43.9 Å². The maximum Gasteiger partial charge on any atom is 0.222 e. The molecule has 0 radical (unpaired) electrons. The van der Waals surface area contributed by atoms with Crippen molar-refractivity contribution in [1.82, 2.24) is 15.3 Å². The van der Waals surface area contributed by atoms with Crippen LogP contribution in [-0.2, 0) is 12.8 Å². The van der Waals surface area contributed by atoms with Crippen molar-refractivity contribution >= 4 is 11.8 Å². The molecule has 3 aliphatic rings. The SMILES string of the molecule is Nc1nc2c(c(N3CCCC4(CC3)CNC4)n1)CCCc1ccccc1-2. The molecule has 1 aliphatic carbocycles. The molecule has 1 spiro atoms. The van der Waals surface area contributed by atoms with E-state index in [2.05, 4.69) is 39.5 Å². The van der Waals surface area contributed by atoms with E-state index in [-0.39, 0.29) is 0 Å². The monoisotopic (exact) mass is 349 g/mol. The first-order valence-corrected chi connectivity index (χ1v) is 9.94. The normalized spacial score (nSPS) is 21.3. The van der Waals surface area contributed by atoms with Crippen molar-refractivity contribution in [2.45, 2.75) is 38.5 Å². The molecule has 2 saturated heterocycles. The van der Waals surface area contributed by atoms with Gasteiger partial charge in [0.1, 0.15) is 5.82 Å². The molecule has 3 heterocycles. The molecule has 26 heavy (non-hydrogen) atoms. The molecular weight excluding hydrogens is 322 g/mol. The van der Waals surface area contributed by atoms with Crippen LogP contribution in [0, 0.1) is 5.41 Å². The zero-order valence-corrected chi connectivity index (χ0v) is 15.3. The summed E-state index contributed by atoms with van der Waals surface area (Å²) in [7, 11) is 0. The molecule has 2 aliphatic heterocycles. The van der Waals surface area contributed by atoms with Gasteiger partial charge in [-0.3, -0.25) is 0 Å². The molecule has 5 nitrogen and oxygen atoms in total. The molecule has 1 aromatic carbocycles. The number of fused-ring (bicyclic) bond motifs is 3. The Morgan fingerprint density at radius 1 is 1.00 bits per heavy atom. The van der Waals surface area contributed by atoms with Crippen LogP contribution in [-0.4, -0.2) is 36.1 Å². The minimum atomic E-state index is 0.403. The summed E-state index contributed by atoms with van der Waals surface area (Å²) >= 11 is 0. The summed E-state index contributed by atoms with van der Waals surface area (Å²) < 4.78 is 0. The fourth-order valence-corrected chi connectivity index (χ4v) is 4.93. The van der Waals surface area contributed by atoms with Crippen LogP contribution >= 0.6 is 0 Å². The molecule has 0 amide bonds. The number of aromatic nitrogens is 2. The second-order valence-corrected chi connectivity index (χ2v) is 8.19. The molecule has 0 saturated carbocycles. The lowest BCUT2D eigenvalue weighted by Crippen LogP contribution is -2.53. The summed E-state index contributed by atoms with van der Waals surface area (Å²) in [6.45, 7) is 4.51. The zero-order valence-electron chi connectivity index (χ0n) is 15.3. The predicted octanol–water partition coefficient (Wildman–Crippen LogP) is 2.79. The maximum atomic E-state index is 6.17. The number of hydrogen-bond acceptors (Lipinski definition) is 5. The van der Waals surface area contributed by atoms with Gasteiger partial charge in [0.25, 0.3) is 0 Å². The van der Waals surface area contributed by atoms with E-state index in [1.165, 1.54) is 49.0 Å². The lowest BCUT2D eigenvalue weighted by atomic mass is 9.75. The van der Waals surface area contributed by atoms with E-state index in [4.69, 9.17) is 10.7 Å². The van der Waals surface area contributed by atoms with E-state index in [9.17, 15) is 0 Å². The van der Waals surface area contributed by atoms with Gasteiger partial charge in [0, 0.05) is 37.3 Å². The van der Waals surface area contributed by atoms with E-state index in [1.807, 2.05) is 0 Å². The molecule has 136 valence electrons. The van der Waals surface area contributed by atoms with Gasteiger partial charge in [-0.25, -0.2) is 4.98 Å². The summed E-state index contributed by atoms with van der Waals surface area (Å²) in [4.78, 5) is 11.9. The topological polar surface area (TPSA) is 67.1 Å². The molecule has 3 N–H and O–H groups in total. The third-order valence-electron chi connectivity index (χ3n) is 6.49. The Morgan fingerprint density at radius 2 is 1.88 bits per heavy atom. The lowest BCUT2D eigenvalue weighted by molar-refractivity contribution is 0.147. The van der Waals surface area contributed by atoms with Crippen molar-refractivity contribution in [2.75, 3.05) is 36.8 Å². The number of hydrogen-bond donors (Lipinski definition) is 2. The summed E-state index contributed by atoms with van der Waals surface area (Å²) in [5, 5.41) is 3.47. The van der Waals surface area contributed by atoms with Crippen molar-refractivity contribution in [3.05, 3.63) is 35.4 Å². The molecule has 0 bridgehead atoms. The van der Waals surface area contributed by atoms with Crippen LogP contribution < -0.4 is 16.0 Å². The Kier molecular flexibility index (Phi) is 3.85. The first-order valence-electron chi connectivity index (χ1n) is 9.94. The first-order chi connectivity index (χ1) is 12.7. The fourth-order valence-electron chi connectivity index (χ4n) is 4.93. The molecule has 0 atom stereocenters. The van der Waals surface area contributed by atoms with Gasteiger partial charge in [-0.15, -0.1) is 0 Å². The van der Waals surface area contributed by atoms with Crippen molar-refractivity contribution in [2.24, 2.45) is 5.41 Å². The van der Waals surface area contributed by atoms with E-state index >= 15 is 0 Å². The lowest BCUT2D eigenvalue weighted by Gasteiger charge is -2.42. The molecule has 1 aromatic heterocycles. The van der Waals surface area contributed by atoms with E-state index < -0.39 is 0 Å². The van der Waals surface area contributed by atoms with Gasteiger partial charge in [0.2, 0.25) is 5.95 Å². The predicted molar refractivity (Wildman–Crippen MR) is 105 cm³/mol. The second kappa shape index (κ2) is 6.23. The van der Waals surface area contributed by atoms with Gasteiger partial charge in [-0.05, 0) is 49.5 Å². The molecule has 5 heteroatoms. The Morgan fingerprint density at radius 3 is 2.73 bits per heavy atom. The second-order valence-electron chi connectivity index (χ2n) is 8.19. The first kappa shape index (κ1) is 16.1. The molecular formula is C21H27N5.